The van der Waals surface area contributed by atoms with Crippen molar-refractivity contribution < 1.29 is 0 Å². The first kappa shape index (κ1) is 16.5. The summed E-state index contributed by atoms with van der Waals surface area (Å²) in [7, 11) is 0. The number of rotatable bonds is 8. The Bertz CT molecular complexity index is 357. The predicted molar refractivity (Wildman–Crippen MR) is 83.6 cm³/mol. The fraction of sp³-hybridized carbons (Fsp3) is 0.857. The first-order chi connectivity index (χ1) is 8.98. The van der Waals surface area contributed by atoms with Crippen LogP contribution in [-0.4, -0.2) is 32.0 Å². The van der Waals surface area contributed by atoms with Crippen molar-refractivity contribution in [3.8, 4) is 0 Å². The predicted octanol–water partition coefficient (Wildman–Crippen LogP) is 3.26. The van der Waals surface area contributed by atoms with Crippen LogP contribution >= 0.6 is 11.8 Å². The molecule has 19 heavy (non-hydrogen) atoms. The van der Waals surface area contributed by atoms with E-state index in [0.717, 1.165) is 31.7 Å². The molecular weight excluding hydrogens is 256 g/mol. The summed E-state index contributed by atoms with van der Waals surface area (Å²) in [4.78, 5) is 0. The van der Waals surface area contributed by atoms with E-state index >= 15 is 0 Å². The van der Waals surface area contributed by atoms with E-state index in [0.29, 0.717) is 6.04 Å². The van der Waals surface area contributed by atoms with Gasteiger partial charge in [-0.25, -0.2) is 4.68 Å². The van der Waals surface area contributed by atoms with E-state index in [1.165, 1.54) is 5.69 Å². The molecule has 1 atom stereocenters. The largest absolute Gasteiger partial charge is 0.308 e. The number of nitrogens with zero attached hydrogens (tertiary/aromatic N) is 3. The van der Waals surface area contributed by atoms with Gasteiger partial charge in [-0.1, -0.05) is 39.8 Å². The Morgan fingerprint density at radius 1 is 1.32 bits per heavy atom. The van der Waals surface area contributed by atoms with Gasteiger partial charge in [0, 0.05) is 17.0 Å². The number of aromatic nitrogens is 3. The second-order valence-electron chi connectivity index (χ2n) is 5.81. The van der Waals surface area contributed by atoms with Crippen LogP contribution in [0.25, 0.3) is 0 Å². The highest BCUT2D eigenvalue weighted by Gasteiger charge is 2.20. The van der Waals surface area contributed by atoms with Gasteiger partial charge in [0.25, 0.3) is 0 Å². The van der Waals surface area contributed by atoms with Crippen molar-refractivity contribution >= 4 is 11.8 Å². The van der Waals surface area contributed by atoms with Crippen LogP contribution in [0.5, 0.6) is 0 Å². The number of nitrogens with one attached hydrogen (secondary N) is 1. The van der Waals surface area contributed by atoms with Gasteiger partial charge in [-0.05, 0) is 19.4 Å². The summed E-state index contributed by atoms with van der Waals surface area (Å²) in [6.45, 7) is 13.1. The van der Waals surface area contributed by atoms with Gasteiger partial charge in [0.1, 0.15) is 0 Å². The zero-order valence-electron chi connectivity index (χ0n) is 12.9. The Labute approximate surface area is 121 Å². The van der Waals surface area contributed by atoms with E-state index in [2.05, 4.69) is 50.2 Å². The normalized spacial score (nSPS) is 13.7. The Hall–Kier alpha value is -0.550. The molecule has 1 unspecified atom stereocenters. The van der Waals surface area contributed by atoms with Gasteiger partial charge < -0.3 is 5.32 Å². The lowest BCUT2D eigenvalue weighted by Crippen LogP contribution is -2.28. The van der Waals surface area contributed by atoms with Gasteiger partial charge in [0.05, 0.1) is 17.9 Å². The monoisotopic (exact) mass is 284 g/mol. The van der Waals surface area contributed by atoms with Gasteiger partial charge in [0.2, 0.25) is 0 Å². The van der Waals surface area contributed by atoms with E-state index in [1.54, 1.807) is 0 Å². The fourth-order valence-electron chi connectivity index (χ4n) is 1.82. The molecule has 1 aromatic heterocycles. The standard InChI is InChI=1S/C14H28N4S/c1-6-8-15-12(11-19-14(3,4)5)13-10-16-17-18(13)9-7-2/h10,12,15H,6-9,11H2,1-5H3. The molecule has 1 rings (SSSR count). The minimum Gasteiger partial charge on any atom is -0.308 e. The summed E-state index contributed by atoms with van der Waals surface area (Å²) in [5, 5.41) is 11.9. The summed E-state index contributed by atoms with van der Waals surface area (Å²) in [6, 6.07) is 0.339. The van der Waals surface area contributed by atoms with Crippen molar-refractivity contribution in [3.05, 3.63) is 11.9 Å². The number of hydrogen-bond donors (Lipinski definition) is 1. The van der Waals surface area contributed by atoms with E-state index in [1.807, 2.05) is 22.6 Å². The molecule has 1 aromatic rings. The van der Waals surface area contributed by atoms with Crippen LogP contribution in [0.15, 0.2) is 6.20 Å². The molecule has 0 aromatic carbocycles. The van der Waals surface area contributed by atoms with E-state index < -0.39 is 0 Å². The smallest absolute Gasteiger partial charge is 0.0764 e. The number of aryl methyl sites for hydroxylation is 1. The van der Waals surface area contributed by atoms with Crippen LogP contribution in [0.1, 0.15) is 59.2 Å². The quantitative estimate of drug-likeness (QED) is 0.795. The Morgan fingerprint density at radius 2 is 2.05 bits per heavy atom. The first-order valence-electron chi connectivity index (χ1n) is 7.23. The van der Waals surface area contributed by atoms with Gasteiger partial charge in [-0.15, -0.1) is 5.10 Å². The molecule has 0 spiro atoms. The molecule has 0 aliphatic rings. The lowest BCUT2D eigenvalue weighted by Gasteiger charge is -2.24. The molecule has 0 fully saturated rings. The lowest BCUT2D eigenvalue weighted by atomic mass is 10.2. The summed E-state index contributed by atoms with van der Waals surface area (Å²) < 4.78 is 2.33. The Kier molecular flexibility index (Phi) is 6.86. The molecule has 0 aliphatic carbocycles. The third kappa shape index (κ3) is 5.95. The third-order valence-electron chi connectivity index (χ3n) is 2.76. The molecule has 0 radical (unpaired) electrons. The summed E-state index contributed by atoms with van der Waals surface area (Å²) in [5.41, 5.74) is 1.21. The van der Waals surface area contributed by atoms with Crippen LogP contribution in [0, 0.1) is 0 Å². The second kappa shape index (κ2) is 7.90. The maximum Gasteiger partial charge on any atom is 0.0764 e. The van der Waals surface area contributed by atoms with E-state index in [-0.39, 0.29) is 4.75 Å². The van der Waals surface area contributed by atoms with Gasteiger partial charge in [0.15, 0.2) is 0 Å². The molecule has 1 heterocycles. The molecule has 0 aliphatic heterocycles. The molecule has 0 amide bonds. The van der Waals surface area contributed by atoms with Gasteiger partial charge in [-0.3, -0.25) is 0 Å². The SMILES string of the molecule is CCCNC(CSC(C)(C)C)c1cnnn1CCC. The molecular formula is C14H28N4S. The lowest BCUT2D eigenvalue weighted by molar-refractivity contribution is 0.492. The molecule has 0 saturated carbocycles. The van der Waals surface area contributed by atoms with Crippen molar-refractivity contribution in [2.75, 3.05) is 12.3 Å². The van der Waals surface area contributed by atoms with Crippen LogP contribution in [0.3, 0.4) is 0 Å². The molecule has 1 N–H and O–H groups in total. The molecule has 0 bridgehead atoms. The second-order valence-corrected chi connectivity index (χ2v) is 7.66. The minimum absolute atomic E-state index is 0.287. The topological polar surface area (TPSA) is 42.7 Å². The summed E-state index contributed by atoms with van der Waals surface area (Å²) >= 11 is 1.99. The number of thioether (sulfide) groups is 1. The highest BCUT2D eigenvalue weighted by Crippen LogP contribution is 2.28. The van der Waals surface area contributed by atoms with Crippen LogP contribution in [-0.2, 0) is 6.54 Å². The molecule has 5 heteroatoms. The maximum atomic E-state index is 4.20. The fourth-order valence-corrected chi connectivity index (χ4v) is 2.78. The van der Waals surface area contributed by atoms with E-state index in [9.17, 15) is 0 Å². The number of hydrogen-bond acceptors (Lipinski definition) is 4. The summed E-state index contributed by atoms with van der Waals surface area (Å²) in [6.07, 6.45) is 4.14. The van der Waals surface area contributed by atoms with Crippen molar-refractivity contribution in [1.29, 1.82) is 0 Å². The van der Waals surface area contributed by atoms with Crippen LogP contribution in [0.2, 0.25) is 0 Å². The first-order valence-corrected chi connectivity index (χ1v) is 8.22. The van der Waals surface area contributed by atoms with Gasteiger partial charge in [-0.2, -0.15) is 11.8 Å². The molecule has 0 saturated heterocycles. The average molecular weight is 284 g/mol. The van der Waals surface area contributed by atoms with Crippen molar-refractivity contribution in [2.24, 2.45) is 0 Å². The zero-order valence-corrected chi connectivity index (χ0v) is 13.8. The highest BCUT2D eigenvalue weighted by molar-refractivity contribution is 8.00. The van der Waals surface area contributed by atoms with Crippen LogP contribution in [0.4, 0.5) is 0 Å². The summed E-state index contributed by atoms with van der Waals surface area (Å²) in [5.74, 6) is 1.06. The maximum absolute atomic E-state index is 4.20. The van der Waals surface area contributed by atoms with Crippen molar-refractivity contribution in [1.82, 2.24) is 20.3 Å². The average Bonchev–Trinajstić information content (AvgIpc) is 2.77. The van der Waals surface area contributed by atoms with Crippen molar-refractivity contribution in [3.63, 3.8) is 0 Å². The highest BCUT2D eigenvalue weighted by atomic mass is 32.2. The molecule has 110 valence electrons. The Balaban J connectivity index is 2.74. The van der Waals surface area contributed by atoms with Gasteiger partial charge >= 0.3 is 0 Å². The van der Waals surface area contributed by atoms with Crippen LogP contribution < -0.4 is 5.32 Å². The third-order valence-corrected chi connectivity index (χ3v) is 4.13. The van der Waals surface area contributed by atoms with Crippen molar-refractivity contribution in [2.45, 2.75) is 64.8 Å². The minimum atomic E-state index is 0.287. The molecule has 4 nitrogen and oxygen atoms in total. The van der Waals surface area contributed by atoms with E-state index in [4.69, 9.17) is 0 Å². The Morgan fingerprint density at radius 3 is 2.63 bits per heavy atom. The zero-order chi connectivity index (χ0) is 14.3.